The van der Waals surface area contributed by atoms with Crippen LogP contribution in [-0.2, 0) is 19.2 Å². The van der Waals surface area contributed by atoms with Crippen molar-refractivity contribution in [3.63, 3.8) is 0 Å². The molecule has 8 atom stereocenters. The van der Waals surface area contributed by atoms with Crippen molar-refractivity contribution in [2.45, 2.75) is 77.3 Å². The van der Waals surface area contributed by atoms with Crippen LogP contribution in [0.1, 0.15) is 53.4 Å². The van der Waals surface area contributed by atoms with Crippen molar-refractivity contribution in [2.75, 3.05) is 6.61 Å². The van der Waals surface area contributed by atoms with Gasteiger partial charge in [0.2, 0.25) is 12.1 Å². The van der Waals surface area contributed by atoms with Gasteiger partial charge in [0.1, 0.15) is 11.5 Å². The van der Waals surface area contributed by atoms with Crippen molar-refractivity contribution < 1.29 is 28.7 Å². The minimum Gasteiger partial charge on any atom is -0.494 e. The molecule has 29 heavy (non-hydrogen) atoms. The van der Waals surface area contributed by atoms with Crippen molar-refractivity contribution in [2.24, 2.45) is 23.7 Å². The first-order chi connectivity index (χ1) is 13.9. The number of hydrogen-bond acceptors (Lipinski definition) is 6. The van der Waals surface area contributed by atoms with E-state index in [1.807, 2.05) is 38.1 Å². The topological polar surface area (TPSA) is 55.4 Å². The molecule has 6 nitrogen and oxygen atoms in total. The Morgan fingerprint density at radius 2 is 1.76 bits per heavy atom. The monoisotopic (exact) mass is 404 g/mol. The smallest absolute Gasteiger partial charge is 0.205 e. The van der Waals surface area contributed by atoms with E-state index in [4.69, 9.17) is 28.7 Å². The highest BCUT2D eigenvalue weighted by molar-refractivity contribution is 5.31. The van der Waals surface area contributed by atoms with E-state index in [1.54, 1.807) is 0 Å². The van der Waals surface area contributed by atoms with Gasteiger partial charge in [0, 0.05) is 18.3 Å². The molecule has 1 spiro atoms. The Kier molecular flexibility index (Phi) is 4.81. The molecule has 0 radical (unpaired) electrons. The Morgan fingerprint density at radius 3 is 2.52 bits per heavy atom. The molecule has 0 aromatic heterocycles. The second kappa shape index (κ2) is 7.12. The summed E-state index contributed by atoms with van der Waals surface area (Å²) < 4.78 is 24.7. The Morgan fingerprint density at radius 1 is 1.00 bits per heavy atom. The maximum Gasteiger partial charge on any atom is 0.205 e. The van der Waals surface area contributed by atoms with Crippen LogP contribution < -0.4 is 9.47 Å². The largest absolute Gasteiger partial charge is 0.494 e. The molecule has 2 bridgehead atoms. The van der Waals surface area contributed by atoms with Gasteiger partial charge in [0.25, 0.3) is 0 Å². The predicted octanol–water partition coefficient (Wildman–Crippen LogP) is 4.67. The molecular weight excluding hydrogens is 372 g/mol. The fraction of sp³-hybridized carbons (Fsp3) is 0.739. The van der Waals surface area contributed by atoms with Crippen molar-refractivity contribution in [1.82, 2.24) is 0 Å². The van der Waals surface area contributed by atoms with Crippen LogP contribution in [0.2, 0.25) is 0 Å². The van der Waals surface area contributed by atoms with Gasteiger partial charge in [-0.3, -0.25) is 0 Å². The van der Waals surface area contributed by atoms with E-state index >= 15 is 0 Å². The minimum atomic E-state index is -0.762. The minimum absolute atomic E-state index is 0.155. The van der Waals surface area contributed by atoms with Gasteiger partial charge in [-0.05, 0) is 69.2 Å². The second-order valence-electron chi connectivity index (χ2n) is 9.30. The van der Waals surface area contributed by atoms with E-state index in [-0.39, 0.29) is 11.8 Å². The third-order valence-corrected chi connectivity index (χ3v) is 7.48. The lowest BCUT2D eigenvalue weighted by Crippen LogP contribution is -2.70. The van der Waals surface area contributed by atoms with Gasteiger partial charge in [-0.2, -0.15) is 0 Å². The molecule has 1 saturated carbocycles. The Hall–Kier alpha value is -1.34. The number of ether oxygens (including phenoxy) is 4. The maximum atomic E-state index is 6.46. The highest BCUT2D eigenvalue weighted by atomic mass is 17.3. The molecule has 3 unspecified atom stereocenters. The second-order valence-corrected chi connectivity index (χ2v) is 9.30. The van der Waals surface area contributed by atoms with E-state index in [9.17, 15) is 0 Å². The SMILES string of the molecule is CCOc1ccc(OC2O[C@@H]3O[C@]4(C)CCC5[C@H](C)CCC([C@H]2C)[C@]53OO4)cc1. The van der Waals surface area contributed by atoms with Gasteiger partial charge in [-0.15, -0.1) is 0 Å². The summed E-state index contributed by atoms with van der Waals surface area (Å²) in [6.45, 7) is 9.09. The van der Waals surface area contributed by atoms with Crippen molar-refractivity contribution in [3.8, 4) is 11.5 Å². The normalized spacial score (nSPS) is 45.9. The predicted molar refractivity (Wildman–Crippen MR) is 105 cm³/mol. The molecular formula is C23H32O6. The number of fused-ring (bicyclic) bond motifs is 2. The van der Waals surface area contributed by atoms with Crippen LogP contribution in [0.3, 0.4) is 0 Å². The van der Waals surface area contributed by atoms with Gasteiger partial charge in [-0.25, -0.2) is 9.78 Å². The zero-order valence-electron chi connectivity index (χ0n) is 17.8. The van der Waals surface area contributed by atoms with Crippen LogP contribution in [0.4, 0.5) is 0 Å². The molecule has 4 saturated heterocycles. The van der Waals surface area contributed by atoms with Crippen molar-refractivity contribution >= 4 is 0 Å². The van der Waals surface area contributed by atoms with Crippen molar-refractivity contribution in [1.29, 1.82) is 0 Å². The van der Waals surface area contributed by atoms with Crippen LogP contribution in [0.5, 0.6) is 11.5 Å². The first-order valence-corrected chi connectivity index (χ1v) is 11.0. The number of hydrogen-bond donors (Lipinski definition) is 0. The lowest BCUT2D eigenvalue weighted by atomic mass is 9.58. The van der Waals surface area contributed by atoms with Gasteiger partial charge >= 0.3 is 0 Å². The molecule has 6 heteroatoms. The summed E-state index contributed by atoms with van der Waals surface area (Å²) in [5, 5.41) is 0. The molecule has 4 heterocycles. The summed E-state index contributed by atoms with van der Waals surface area (Å²) >= 11 is 0. The summed E-state index contributed by atoms with van der Waals surface area (Å²) in [5.41, 5.74) is -0.550. The lowest BCUT2D eigenvalue weighted by Gasteiger charge is -2.60. The zero-order chi connectivity index (χ0) is 20.2. The van der Waals surface area contributed by atoms with E-state index in [0.29, 0.717) is 18.4 Å². The van der Waals surface area contributed by atoms with E-state index in [0.717, 1.165) is 30.8 Å². The van der Waals surface area contributed by atoms with Crippen LogP contribution in [0.25, 0.3) is 0 Å². The molecule has 4 aliphatic heterocycles. The molecule has 6 rings (SSSR count). The van der Waals surface area contributed by atoms with Crippen LogP contribution >= 0.6 is 0 Å². The highest BCUT2D eigenvalue weighted by Gasteiger charge is 2.69. The van der Waals surface area contributed by atoms with E-state index in [1.165, 1.54) is 6.42 Å². The fourth-order valence-electron chi connectivity index (χ4n) is 5.92. The standard InChI is InChI=1S/C23H32O6/c1-5-24-16-7-9-17(10-8-16)25-20-15(3)19-11-6-14(2)18-12-13-22(4)27-21(26-20)23(18,19)29-28-22/h7-10,14-15,18-21H,5-6,11-13H2,1-4H3/t14-,15-,18?,19?,20?,21-,22+,23-/m1/s1. The Balaban J connectivity index is 1.42. The van der Waals surface area contributed by atoms with Crippen LogP contribution in [-0.4, -0.2) is 30.6 Å². The van der Waals surface area contributed by atoms with Gasteiger partial charge in [0.15, 0.2) is 11.9 Å². The average Bonchev–Trinajstić information content (AvgIpc) is 2.94. The fourth-order valence-corrected chi connectivity index (χ4v) is 5.92. The van der Waals surface area contributed by atoms with Crippen LogP contribution in [0, 0.1) is 23.7 Å². The van der Waals surface area contributed by atoms with Gasteiger partial charge in [0.05, 0.1) is 6.61 Å². The summed E-state index contributed by atoms with van der Waals surface area (Å²) in [6, 6.07) is 7.71. The first kappa shape index (κ1) is 19.6. The molecule has 5 fully saturated rings. The molecule has 0 amide bonds. The molecule has 1 aromatic rings. The Labute approximate surface area is 172 Å². The number of rotatable bonds is 4. The molecule has 0 N–H and O–H groups in total. The summed E-state index contributed by atoms with van der Waals surface area (Å²) in [6.07, 6.45) is 3.22. The third kappa shape index (κ3) is 3.07. The van der Waals surface area contributed by atoms with E-state index < -0.39 is 24.0 Å². The third-order valence-electron chi connectivity index (χ3n) is 7.48. The number of benzene rings is 1. The summed E-state index contributed by atoms with van der Waals surface area (Å²) in [4.78, 5) is 12.0. The highest BCUT2D eigenvalue weighted by Crippen LogP contribution is 2.60. The molecule has 5 aliphatic rings. The first-order valence-electron chi connectivity index (χ1n) is 11.0. The van der Waals surface area contributed by atoms with Gasteiger partial charge < -0.3 is 18.9 Å². The van der Waals surface area contributed by atoms with E-state index in [2.05, 4.69) is 13.8 Å². The lowest BCUT2D eigenvalue weighted by molar-refractivity contribution is -0.575. The van der Waals surface area contributed by atoms with Gasteiger partial charge in [-0.1, -0.05) is 13.8 Å². The quantitative estimate of drug-likeness (QED) is 0.680. The molecule has 1 aromatic carbocycles. The Bertz CT molecular complexity index is 737. The average molecular weight is 405 g/mol. The molecule has 160 valence electrons. The van der Waals surface area contributed by atoms with Crippen molar-refractivity contribution in [3.05, 3.63) is 24.3 Å². The zero-order valence-corrected chi connectivity index (χ0v) is 17.8. The van der Waals surface area contributed by atoms with Crippen LogP contribution in [0.15, 0.2) is 24.3 Å². The molecule has 1 aliphatic carbocycles. The maximum absolute atomic E-state index is 6.46. The summed E-state index contributed by atoms with van der Waals surface area (Å²) in [5.74, 6) is 2.18. The summed E-state index contributed by atoms with van der Waals surface area (Å²) in [7, 11) is 0.